The maximum absolute atomic E-state index is 12.0. The van der Waals surface area contributed by atoms with Crippen molar-refractivity contribution in [3.63, 3.8) is 0 Å². The molecule has 0 saturated carbocycles. The van der Waals surface area contributed by atoms with E-state index in [0.29, 0.717) is 6.54 Å². The number of amides is 1. The van der Waals surface area contributed by atoms with E-state index in [4.69, 9.17) is 0 Å². The van der Waals surface area contributed by atoms with Crippen LogP contribution in [0.5, 0.6) is 0 Å². The van der Waals surface area contributed by atoms with Gasteiger partial charge in [-0.15, -0.1) is 0 Å². The molecule has 2 rings (SSSR count). The third kappa shape index (κ3) is 4.48. The van der Waals surface area contributed by atoms with E-state index in [-0.39, 0.29) is 11.3 Å². The van der Waals surface area contributed by atoms with Gasteiger partial charge in [-0.05, 0) is 41.7 Å². The quantitative estimate of drug-likeness (QED) is 0.836. The summed E-state index contributed by atoms with van der Waals surface area (Å²) in [6.45, 7) is 8.13. The van der Waals surface area contributed by atoms with Gasteiger partial charge in [0.15, 0.2) is 0 Å². The van der Waals surface area contributed by atoms with Crippen LogP contribution in [0.4, 0.5) is 0 Å². The van der Waals surface area contributed by atoms with Crippen LogP contribution in [-0.4, -0.2) is 17.0 Å². The molecule has 0 bridgehead atoms. The second kappa shape index (κ2) is 6.61. The van der Waals surface area contributed by atoms with Crippen molar-refractivity contribution < 1.29 is 4.79 Å². The number of hydrogen-bond donors (Lipinski definition) is 1. The first kappa shape index (κ1) is 15.4. The Labute approximate surface area is 127 Å². The highest BCUT2D eigenvalue weighted by molar-refractivity contribution is 5.94. The van der Waals surface area contributed by atoms with Crippen LogP contribution in [0.2, 0.25) is 0 Å². The van der Waals surface area contributed by atoms with Gasteiger partial charge in [0.1, 0.15) is 0 Å². The number of nitrogens with zero attached hydrogens (tertiary/aromatic N) is 1. The molecule has 0 fully saturated rings. The molecule has 1 aromatic heterocycles. The molecule has 3 nitrogen and oxygen atoms in total. The normalized spacial score (nSPS) is 11.4. The van der Waals surface area contributed by atoms with Crippen molar-refractivity contribution >= 4 is 5.91 Å². The van der Waals surface area contributed by atoms with Crippen LogP contribution < -0.4 is 5.32 Å². The minimum atomic E-state index is 0.00275. The molecule has 112 valence electrons. The van der Waals surface area contributed by atoms with Gasteiger partial charge in [-0.3, -0.25) is 4.79 Å². The molecule has 3 heteroatoms. The topological polar surface area (TPSA) is 34.0 Å². The van der Waals surface area contributed by atoms with Crippen LogP contribution >= 0.6 is 0 Å². The van der Waals surface area contributed by atoms with Gasteiger partial charge in [-0.1, -0.05) is 32.9 Å². The average Bonchev–Trinajstić information content (AvgIpc) is 2.96. The Morgan fingerprint density at radius 3 is 2.29 bits per heavy atom. The number of hydrogen-bond acceptors (Lipinski definition) is 1. The van der Waals surface area contributed by atoms with E-state index in [0.717, 1.165) is 18.5 Å². The van der Waals surface area contributed by atoms with E-state index in [1.807, 2.05) is 48.8 Å². The Bertz CT molecular complexity index is 562. The van der Waals surface area contributed by atoms with Gasteiger partial charge in [0, 0.05) is 31.0 Å². The fraction of sp³-hybridized carbons (Fsp3) is 0.389. The van der Waals surface area contributed by atoms with Crippen LogP contribution in [0.1, 0.15) is 43.1 Å². The van der Waals surface area contributed by atoms with Gasteiger partial charge < -0.3 is 9.88 Å². The minimum Gasteiger partial charge on any atom is -0.354 e. The molecule has 0 radical (unpaired) electrons. The minimum absolute atomic E-state index is 0.00275. The number of carbonyl (C=O) groups excluding carboxylic acids is 1. The largest absolute Gasteiger partial charge is 0.354 e. The Morgan fingerprint density at radius 2 is 1.71 bits per heavy atom. The number of aromatic nitrogens is 1. The van der Waals surface area contributed by atoms with Crippen LogP contribution in [0, 0.1) is 0 Å². The third-order valence-electron chi connectivity index (χ3n) is 3.56. The van der Waals surface area contributed by atoms with Crippen LogP contribution in [0.15, 0.2) is 48.8 Å². The summed E-state index contributed by atoms with van der Waals surface area (Å²) >= 11 is 0. The van der Waals surface area contributed by atoms with E-state index < -0.39 is 0 Å². The summed E-state index contributed by atoms with van der Waals surface area (Å²) < 4.78 is 2.12. The zero-order chi connectivity index (χ0) is 15.3. The predicted octanol–water partition coefficient (Wildman–Crippen LogP) is 3.61. The zero-order valence-electron chi connectivity index (χ0n) is 13.1. The van der Waals surface area contributed by atoms with Crippen LogP contribution in [0.3, 0.4) is 0 Å². The smallest absolute Gasteiger partial charge is 0.251 e. The Hall–Kier alpha value is -2.03. The summed E-state index contributed by atoms with van der Waals surface area (Å²) in [4.78, 5) is 12.0. The molecule has 0 aliphatic heterocycles. The summed E-state index contributed by atoms with van der Waals surface area (Å²) in [6.07, 6.45) is 5.00. The molecule has 1 amide bonds. The van der Waals surface area contributed by atoms with E-state index in [9.17, 15) is 4.79 Å². The van der Waals surface area contributed by atoms with Crippen molar-refractivity contribution in [2.75, 3.05) is 6.54 Å². The van der Waals surface area contributed by atoms with Gasteiger partial charge in [0.2, 0.25) is 0 Å². The first-order valence-corrected chi connectivity index (χ1v) is 7.46. The highest BCUT2D eigenvalue weighted by Crippen LogP contribution is 2.22. The molecule has 0 atom stereocenters. The summed E-state index contributed by atoms with van der Waals surface area (Å²) in [5.74, 6) is 0.00275. The first-order valence-electron chi connectivity index (χ1n) is 7.46. The molecule has 0 aliphatic carbocycles. The molecule has 0 unspecified atom stereocenters. The molecule has 1 N–H and O–H groups in total. The van der Waals surface area contributed by atoms with E-state index in [1.54, 1.807) is 0 Å². The SMILES string of the molecule is CC(C)(C)c1ccc(C(=O)NCCCn2cccc2)cc1. The number of aryl methyl sites for hydroxylation is 1. The fourth-order valence-electron chi connectivity index (χ4n) is 2.21. The van der Waals surface area contributed by atoms with Crippen molar-refractivity contribution in [3.8, 4) is 0 Å². The molecule has 21 heavy (non-hydrogen) atoms. The first-order chi connectivity index (χ1) is 9.97. The Morgan fingerprint density at radius 1 is 1.10 bits per heavy atom. The van der Waals surface area contributed by atoms with E-state index >= 15 is 0 Å². The Balaban J connectivity index is 1.80. The van der Waals surface area contributed by atoms with Gasteiger partial charge in [0.05, 0.1) is 0 Å². The highest BCUT2D eigenvalue weighted by atomic mass is 16.1. The average molecular weight is 284 g/mol. The number of benzene rings is 1. The number of carbonyl (C=O) groups is 1. The third-order valence-corrected chi connectivity index (χ3v) is 3.56. The summed E-state index contributed by atoms with van der Waals surface area (Å²) in [7, 11) is 0. The standard InChI is InChI=1S/C18H24N2O/c1-18(2,3)16-9-7-15(8-10-16)17(21)19-11-6-14-20-12-4-5-13-20/h4-5,7-10,12-13H,6,11,14H2,1-3H3,(H,19,21). The molecule has 0 saturated heterocycles. The van der Waals surface area contributed by atoms with Crippen LogP contribution in [0.25, 0.3) is 0 Å². The lowest BCUT2D eigenvalue weighted by molar-refractivity contribution is 0.0952. The predicted molar refractivity (Wildman–Crippen MR) is 86.5 cm³/mol. The molecule has 0 aliphatic rings. The second-order valence-corrected chi connectivity index (χ2v) is 6.36. The van der Waals surface area contributed by atoms with Gasteiger partial charge in [0.25, 0.3) is 5.91 Å². The van der Waals surface area contributed by atoms with Gasteiger partial charge in [-0.25, -0.2) is 0 Å². The van der Waals surface area contributed by atoms with Gasteiger partial charge >= 0.3 is 0 Å². The van der Waals surface area contributed by atoms with Crippen molar-refractivity contribution in [2.45, 2.75) is 39.2 Å². The fourth-order valence-corrected chi connectivity index (χ4v) is 2.21. The van der Waals surface area contributed by atoms with Gasteiger partial charge in [-0.2, -0.15) is 0 Å². The van der Waals surface area contributed by atoms with E-state index in [1.165, 1.54) is 5.56 Å². The zero-order valence-corrected chi connectivity index (χ0v) is 13.1. The van der Waals surface area contributed by atoms with E-state index in [2.05, 4.69) is 30.7 Å². The molecular weight excluding hydrogens is 260 g/mol. The molecule has 0 spiro atoms. The van der Waals surface area contributed by atoms with Crippen molar-refractivity contribution in [1.29, 1.82) is 0 Å². The number of rotatable bonds is 5. The maximum atomic E-state index is 12.0. The Kier molecular flexibility index (Phi) is 4.84. The molecule has 2 aromatic rings. The molecular formula is C18H24N2O. The van der Waals surface area contributed by atoms with Crippen molar-refractivity contribution in [2.24, 2.45) is 0 Å². The summed E-state index contributed by atoms with van der Waals surface area (Å²) in [5, 5.41) is 2.97. The molecule has 1 aromatic carbocycles. The maximum Gasteiger partial charge on any atom is 0.251 e. The second-order valence-electron chi connectivity index (χ2n) is 6.36. The van der Waals surface area contributed by atoms with Crippen molar-refractivity contribution in [3.05, 3.63) is 59.9 Å². The highest BCUT2D eigenvalue weighted by Gasteiger charge is 2.14. The lowest BCUT2D eigenvalue weighted by Crippen LogP contribution is -2.25. The number of nitrogens with one attached hydrogen (secondary N) is 1. The van der Waals surface area contributed by atoms with Crippen LogP contribution in [-0.2, 0) is 12.0 Å². The summed E-state index contributed by atoms with van der Waals surface area (Å²) in [6, 6.07) is 11.9. The lowest BCUT2D eigenvalue weighted by Gasteiger charge is -2.19. The van der Waals surface area contributed by atoms with Crippen molar-refractivity contribution in [1.82, 2.24) is 9.88 Å². The molecule has 1 heterocycles. The summed E-state index contributed by atoms with van der Waals surface area (Å²) in [5.41, 5.74) is 2.09. The monoisotopic (exact) mass is 284 g/mol. The lowest BCUT2D eigenvalue weighted by atomic mass is 9.87.